The highest BCUT2D eigenvalue weighted by molar-refractivity contribution is 4.70. The molecule has 2 atom stereocenters. The zero-order chi connectivity index (χ0) is 11.1. The average molecular weight is 229 g/mol. The molecule has 0 aromatic rings. The van der Waals surface area contributed by atoms with E-state index in [0.717, 1.165) is 58.8 Å². The minimum atomic E-state index is 0.358. The minimum absolute atomic E-state index is 0.358. The van der Waals surface area contributed by atoms with Gasteiger partial charge in [0.2, 0.25) is 0 Å². The molecule has 0 bridgehead atoms. The van der Waals surface area contributed by atoms with Crippen molar-refractivity contribution in [3.63, 3.8) is 0 Å². The highest BCUT2D eigenvalue weighted by Gasteiger charge is 2.15. The Kier molecular flexibility index (Phi) is 5.55. The molecule has 0 aromatic heterocycles. The van der Waals surface area contributed by atoms with E-state index >= 15 is 0 Å². The Morgan fingerprint density at radius 3 is 3.00 bits per heavy atom. The lowest BCUT2D eigenvalue weighted by Crippen LogP contribution is -2.30. The number of rotatable bonds is 7. The minimum Gasteiger partial charge on any atom is -0.380 e. The molecule has 0 amide bonds. The van der Waals surface area contributed by atoms with Gasteiger partial charge >= 0.3 is 0 Å². The van der Waals surface area contributed by atoms with Crippen LogP contribution in [-0.4, -0.2) is 51.7 Å². The highest BCUT2D eigenvalue weighted by Crippen LogP contribution is 2.11. The van der Waals surface area contributed by atoms with Crippen molar-refractivity contribution in [2.75, 3.05) is 39.6 Å². The fourth-order valence-corrected chi connectivity index (χ4v) is 2.17. The maximum absolute atomic E-state index is 5.59. The van der Waals surface area contributed by atoms with Gasteiger partial charge in [0.1, 0.15) is 0 Å². The molecule has 4 nitrogen and oxygen atoms in total. The van der Waals surface area contributed by atoms with E-state index in [4.69, 9.17) is 14.2 Å². The number of hydrogen-bond donors (Lipinski definition) is 1. The second kappa shape index (κ2) is 7.22. The molecule has 16 heavy (non-hydrogen) atoms. The van der Waals surface area contributed by atoms with E-state index in [9.17, 15) is 0 Å². The van der Waals surface area contributed by atoms with Gasteiger partial charge in [-0.2, -0.15) is 0 Å². The molecule has 2 aliphatic rings. The topological polar surface area (TPSA) is 39.7 Å². The van der Waals surface area contributed by atoms with Crippen molar-refractivity contribution >= 4 is 0 Å². The maximum atomic E-state index is 5.59. The molecule has 94 valence electrons. The molecule has 2 aliphatic heterocycles. The van der Waals surface area contributed by atoms with Crippen molar-refractivity contribution in [3.05, 3.63) is 0 Å². The summed E-state index contributed by atoms with van der Waals surface area (Å²) in [5.74, 6) is 0. The van der Waals surface area contributed by atoms with Crippen LogP contribution in [0.25, 0.3) is 0 Å². The fraction of sp³-hybridized carbons (Fsp3) is 1.00. The van der Waals surface area contributed by atoms with E-state index in [1.54, 1.807) is 0 Å². The Hall–Kier alpha value is -0.160. The Morgan fingerprint density at radius 2 is 2.25 bits per heavy atom. The molecular weight excluding hydrogens is 206 g/mol. The molecular formula is C12H23NO3. The SMILES string of the molecule is C(CNC1CCOC1)COCC1CCCO1. The van der Waals surface area contributed by atoms with E-state index in [-0.39, 0.29) is 0 Å². The lowest BCUT2D eigenvalue weighted by atomic mass is 10.2. The molecule has 2 heterocycles. The summed E-state index contributed by atoms with van der Waals surface area (Å²) in [6.07, 6.45) is 4.94. The first-order valence-corrected chi connectivity index (χ1v) is 6.45. The summed E-state index contributed by atoms with van der Waals surface area (Å²) in [5, 5.41) is 3.47. The molecule has 0 saturated carbocycles. The van der Waals surface area contributed by atoms with E-state index in [1.165, 1.54) is 6.42 Å². The third-order valence-electron chi connectivity index (χ3n) is 3.16. The van der Waals surface area contributed by atoms with E-state index in [1.807, 2.05) is 0 Å². The van der Waals surface area contributed by atoms with E-state index in [2.05, 4.69) is 5.32 Å². The molecule has 2 saturated heterocycles. The highest BCUT2D eigenvalue weighted by atomic mass is 16.5. The Bertz CT molecular complexity index is 157. The average Bonchev–Trinajstić information content (AvgIpc) is 2.96. The van der Waals surface area contributed by atoms with Crippen LogP contribution in [0.4, 0.5) is 0 Å². The van der Waals surface area contributed by atoms with Gasteiger partial charge in [-0.05, 0) is 32.2 Å². The molecule has 0 aromatic carbocycles. The Morgan fingerprint density at radius 1 is 1.25 bits per heavy atom. The van der Waals surface area contributed by atoms with Crippen molar-refractivity contribution in [2.24, 2.45) is 0 Å². The quantitative estimate of drug-likeness (QED) is 0.660. The van der Waals surface area contributed by atoms with Crippen LogP contribution >= 0.6 is 0 Å². The monoisotopic (exact) mass is 229 g/mol. The molecule has 0 radical (unpaired) electrons. The van der Waals surface area contributed by atoms with Crippen molar-refractivity contribution in [1.29, 1.82) is 0 Å². The number of hydrogen-bond acceptors (Lipinski definition) is 4. The molecule has 4 heteroatoms. The smallest absolute Gasteiger partial charge is 0.0809 e. The summed E-state index contributed by atoms with van der Waals surface area (Å²) >= 11 is 0. The van der Waals surface area contributed by atoms with Crippen LogP contribution in [0.2, 0.25) is 0 Å². The van der Waals surface area contributed by atoms with Crippen LogP contribution in [0, 0.1) is 0 Å². The summed E-state index contributed by atoms with van der Waals surface area (Å²) in [4.78, 5) is 0. The van der Waals surface area contributed by atoms with Crippen LogP contribution in [0.3, 0.4) is 0 Å². The third kappa shape index (κ3) is 4.37. The van der Waals surface area contributed by atoms with Gasteiger partial charge < -0.3 is 19.5 Å². The second-order valence-corrected chi connectivity index (χ2v) is 4.58. The summed E-state index contributed by atoms with van der Waals surface area (Å²) in [5.41, 5.74) is 0. The van der Waals surface area contributed by atoms with Gasteiger partial charge in [0.25, 0.3) is 0 Å². The van der Waals surface area contributed by atoms with Gasteiger partial charge in [-0.3, -0.25) is 0 Å². The second-order valence-electron chi connectivity index (χ2n) is 4.58. The third-order valence-corrected chi connectivity index (χ3v) is 3.16. The van der Waals surface area contributed by atoms with Crippen molar-refractivity contribution in [2.45, 2.75) is 37.8 Å². The van der Waals surface area contributed by atoms with E-state index < -0.39 is 0 Å². The Balaban J connectivity index is 1.37. The van der Waals surface area contributed by atoms with Gasteiger partial charge in [-0.25, -0.2) is 0 Å². The normalized spacial score (nSPS) is 30.0. The van der Waals surface area contributed by atoms with Gasteiger partial charge in [-0.15, -0.1) is 0 Å². The summed E-state index contributed by atoms with van der Waals surface area (Å²) < 4.78 is 16.4. The molecule has 2 unspecified atom stereocenters. The first kappa shape index (κ1) is 12.3. The zero-order valence-corrected chi connectivity index (χ0v) is 9.95. The zero-order valence-electron chi connectivity index (χ0n) is 9.95. The van der Waals surface area contributed by atoms with Crippen LogP contribution < -0.4 is 5.32 Å². The lowest BCUT2D eigenvalue weighted by Gasteiger charge is -2.12. The van der Waals surface area contributed by atoms with E-state index in [0.29, 0.717) is 12.1 Å². The van der Waals surface area contributed by atoms with Crippen molar-refractivity contribution in [3.8, 4) is 0 Å². The predicted molar refractivity (Wildman–Crippen MR) is 61.6 cm³/mol. The molecule has 2 rings (SSSR count). The van der Waals surface area contributed by atoms with Gasteiger partial charge in [0, 0.05) is 25.9 Å². The van der Waals surface area contributed by atoms with Crippen molar-refractivity contribution < 1.29 is 14.2 Å². The summed E-state index contributed by atoms with van der Waals surface area (Å²) in [6, 6.07) is 0.568. The molecule has 0 spiro atoms. The number of nitrogens with one attached hydrogen (secondary N) is 1. The van der Waals surface area contributed by atoms with Crippen molar-refractivity contribution in [1.82, 2.24) is 5.32 Å². The van der Waals surface area contributed by atoms with Gasteiger partial charge in [0.15, 0.2) is 0 Å². The Labute approximate surface area is 97.6 Å². The lowest BCUT2D eigenvalue weighted by molar-refractivity contribution is 0.0165. The van der Waals surface area contributed by atoms with Crippen LogP contribution in [0.1, 0.15) is 25.7 Å². The molecule has 1 N–H and O–H groups in total. The van der Waals surface area contributed by atoms with Crippen LogP contribution in [0.15, 0.2) is 0 Å². The van der Waals surface area contributed by atoms with Crippen LogP contribution in [0.5, 0.6) is 0 Å². The first-order valence-electron chi connectivity index (χ1n) is 6.45. The number of ether oxygens (including phenoxy) is 3. The van der Waals surface area contributed by atoms with Gasteiger partial charge in [-0.1, -0.05) is 0 Å². The standard InChI is InChI=1S/C12H23NO3/c1-3-12(16-7-1)10-14-6-2-5-13-11-4-8-15-9-11/h11-13H,1-10H2. The first-order chi connectivity index (χ1) is 7.95. The van der Waals surface area contributed by atoms with Crippen LogP contribution in [-0.2, 0) is 14.2 Å². The van der Waals surface area contributed by atoms with Gasteiger partial charge in [0.05, 0.1) is 19.3 Å². The molecule has 2 fully saturated rings. The maximum Gasteiger partial charge on any atom is 0.0809 e. The predicted octanol–water partition coefficient (Wildman–Crippen LogP) is 0.951. The fourth-order valence-electron chi connectivity index (χ4n) is 2.17. The largest absolute Gasteiger partial charge is 0.380 e. The summed E-state index contributed by atoms with van der Waals surface area (Å²) in [6.45, 7) is 5.33. The molecule has 0 aliphatic carbocycles. The summed E-state index contributed by atoms with van der Waals surface area (Å²) in [7, 11) is 0.